The van der Waals surface area contributed by atoms with Crippen LogP contribution in [-0.4, -0.2) is 17.1 Å². The van der Waals surface area contributed by atoms with E-state index in [1.807, 2.05) is 32.9 Å². The Morgan fingerprint density at radius 3 is 2.20 bits per heavy atom. The van der Waals surface area contributed by atoms with Crippen LogP contribution in [0.25, 0.3) is 0 Å². The van der Waals surface area contributed by atoms with Crippen LogP contribution >= 0.6 is 0 Å². The average molecular weight is 342 g/mol. The van der Waals surface area contributed by atoms with Crippen LogP contribution in [0.3, 0.4) is 0 Å². The van der Waals surface area contributed by atoms with Gasteiger partial charge in [0.15, 0.2) is 0 Å². The highest BCUT2D eigenvalue weighted by Crippen LogP contribution is 2.56. The Bertz CT molecular complexity index is 654. The number of benzene rings is 1. The summed E-state index contributed by atoms with van der Waals surface area (Å²) in [4.78, 5) is 12.4. The number of nitrogens with two attached hydrogens (primary N) is 1. The van der Waals surface area contributed by atoms with Gasteiger partial charge in [0.05, 0.1) is 16.9 Å². The van der Waals surface area contributed by atoms with Gasteiger partial charge in [-0.05, 0) is 95.2 Å². The van der Waals surface area contributed by atoms with E-state index in [1.165, 1.54) is 38.5 Å². The highest BCUT2D eigenvalue weighted by Gasteiger charge is 2.51. The molecule has 3 N–H and O–H groups in total. The molecule has 0 radical (unpaired) electrons. The normalized spacial score (nSPS) is 33.3. The van der Waals surface area contributed by atoms with Crippen LogP contribution in [0.2, 0.25) is 0 Å². The molecule has 5 rings (SSSR count). The maximum Gasteiger partial charge on any atom is 0.338 e. The maximum absolute atomic E-state index is 12.4. The van der Waals surface area contributed by atoms with Crippen molar-refractivity contribution in [3.8, 4) is 0 Å². The van der Waals surface area contributed by atoms with Gasteiger partial charge in [-0.3, -0.25) is 0 Å². The van der Waals surface area contributed by atoms with E-state index in [9.17, 15) is 4.79 Å². The summed E-state index contributed by atoms with van der Waals surface area (Å²) in [5.41, 5.74) is 8.08. The molecule has 4 saturated carbocycles. The largest absolute Gasteiger partial charge is 0.456 e. The number of carbonyl (C=O) groups excluding carboxylic acids is 1. The van der Waals surface area contributed by atoms with E-state index in [0.29, 0.717) is 11.3 Å². The number of anilines is 2. The van der Waals surface area contributed by atoms with Crippen molar-refractivity contribution in [2.45, 2.75) is 70.4 Å². The van der Waals surface area contributed by atoms with Gasteiger partial charge in [-0.2, -0.15) is 0 Å². The molecule has 4 aliphatic carbocycles. The topological polar surface area (TPSA) is 64.3 Å². The van der Waals surface area contributed by atoms with E-state index in [4.69, 9.17) is 10.5 Å². The minimum Gasteiger partial charge on any atom is -0.456 e. The van der Waals surface area contributed by atoms with Gasteiger partial charge in [0.1, 0.15) is 5.60 Å². The lowest BCUT2D eigenvalue weighted by molar-refractivity contribution is 0.00672. The van der Waals surface area contributed by atoms with Crippen molar-refractivity contribution in [3.05, 3.63) is 23.8 Å². The molecule has 0 atom stereocenters. The lowest BCUT2D eigenvalue weighted by Crippen LogP contribution is -2.54. The summed E-state index contributed by atoms with van der Waals surface area (Å²) < 4.78 is 5.50. The predicted octanol–water partition coefficient (Wildman–Crippen LogP) is 4.60. The predicted molar refractivity (Wildman–Crippen MR) is 101 cm³/mol. The van der Waals surface area contributed by atoms with Gasteiger partial charge < -0.3 is 15.8 Å². The first-order chi connectivity index (χ1) is 11.7. The molecule has 25 heavy (non-hydrogen) atoms. The highest BCUT2D eigenvalue weighted by atomic mass is 16.6. The van der Waals surface area contributed by atoms with Crippen LogP contribution in [0.15, 0.2) is 18.2 Å². The molecule has 0 aliphatic heterocycles. The summed E-state index contributed by atoms with van der Waals surface area (Å²) in [6.07, 6.45) is 7.97. The first-order valence-electron chi connectivity index (χ1n) is 9.62. The van der Waals surface area contributed by atoms with Crippen molar-refractivity contribution in [1.82, 2.24) is 0 Å². The summed E-state index contributed by atoms with van der Waals surface area (Å²) >= 11 is 0. The molecular weight excluding hydrogens is 312 g/mol. The van der Waals surface area contributed by atoms with Crippen LogP contribution < -0.4 is 11.1 Å². The summed E-state index contributed by atoms with van der Waals surface area (Å²) in [5, 5.41) is 3.78. The fourth-order valence-corrected chi connectivity index (χ4v) is 5.68. The number of esters is 1. The van der Waals surface area contributed by atoms with E-state index in [-0.39, 0.29) is 11.5 Å². The standard InChI is InChI=1S/C21H30N2O2/c1-20(2,3)25-19(24)16-4-5-17(22)18(9-16)23-21-10-13-6-14(11-21)8-15(7-13)12-21/h4-5,9,13-15,23H,6-8,10-12,22H2,1-3H3. The number of carbonyl (C=O) groups is 1. The number of nitrogen functional groups attached to an aromatic ring is 1. The summed E-state index contributed by atoms with van der Waals surface area (Å²) in [5.74, 6) is 2.32. The molecule has 0 saturated heterocycles. The molecular formula is C21H30N2O2. The van der Waals surface area contributed by atoms with Crippen LogP contribution in [0, 0.1) is 17.8 Å². The van der Waals surface area contributed by atoms with Crippen molar-refractivity contribution < 1.29 is 9.53 Å². The molecule has 0 amide bonds. The van der Waals surface area contributed by atoms with E-state index in [0.717, 1.165) is 23.4 Å². The van der Waals surface area contributed by atoms with Crippen molar-refractivity contribution in [1.29, 1.82) is 0 Å². The van der Waals surface area contributed by atoms with Gasteiger partial charge in [-0.1, -0.05) is 0 Å². The molecule has 1 aromatic rings. The van der Waals surface area contributed by atoms with Gasteiger partial charge in [0.2, 0.25) is 0 Å². The third-order valence-electron chi connectivity index (χ3n) is 6.13. The van der Waals surface area contributed by atoms with Crippen molar-refractivity contribution in [2.75, 3.05) is 11.1 Å². The second-order valence-corrected chi connectivity index (χ2v) is 9.63. The molecule has 4 bridgehead atoms. The molecule has 4 fully saturated rings. The Balaban J connectivity index is 1.56. The number of hydrogen-bond acceptors (Lipinski definition) is 4. The highest BCUT2D eigenvalue weighted by molar-refractivity contribution is 5.92. The first kappa shape index (κ1) is 16.7. The molecule has 4 aliphatic rings. The van der Waals surface area contributed by atoms with Gasteiger partial charge >= 0.3 is 5.97 Å². The maximum atomic E-state index is 12.4. The zero-order valence-corrected chi connectivity index (χ0v) is 15.6. The van der Waals surface area contributed by atoms with E-state index in [1.54, 1.807) is 6.07 Å². The molecule has 4 heteroatoms. The Labute approximate surface area is 150 Å². The van der Waals surface area contributed by atoms with Crippen LogP contribution in [0.4, 0.5) is 11.4 Å². The molecule has 136 valence electrons. The lowest BCUT2D eigenvalue weighted by Gasteiger charge is -2.57. The molecule has 1 aromatic carbocycles. The second-order valence-electron chi connectivity index (χ2n) is 9.63. The Morgan fingerprint density at radius 1 is 1.12 bits per heavy atom. The lowest BCUT2D eigenvalue weighted by atomic mass is 9.53. The summed E-state index contributed by atoms with van der Waals surface area (Å²) in [6, 6.07) is 5.46. The summed E-state index contributed by atoms with van der Waals surface area (Å²) in [7, 11) is 0. The third kappa shape index (κ3) is 3.36. The second kappa shape index (κ2) is 5.65. The molecule has 0 unspecified atom stereocenters. The fraction of sp³-hybridized carbons (Fsp3) is 0.667. The van der Waals surface area contributed by atoms with Gasteiger partial charge in [0, 0.05) is 5.54 Å². The van der Waals surface area contributed by atoms with E-state index < -0.39 is 5.60 Å². The molecule has 0 aromatic heterocycles. The average Bonchev–Trinajstić information content (AvgIpc) is 2.46. The van der Waals surface area contributed by atoms with Crippen LogP contribution in [-0.2, 0) is 4.74 Å². The Kier molecular flexibility index (Phi) is 3.78. The number of ether oxygens (including phenoxy) is 1. The Hall–Kier alpha value is -1.71. The quantitative estimate of drug-likeness (QED) is 0.622. The van der Waals surface area contributed by atoms with Crippen LogP contribution in [0.1, 0.15) is 69.7 Å². The van der Waals surface area contributed by atoms with Gasteiger partial charge in [0.25, 0.3) is 0 Å². The molecule has 0 spiro atoms. The minimum absolute atomic E-state index is 0.176. The molecule has 4 nitrogen and oxygen atoms in total. The van der Waals surface area contributed by atoms with Crippen molar-refractivity contribution in [3.63, 3.8) is 0 Å². The monoisotopic (exact) mass is 342 g/mol. The van der Waals surface area contributed by atoms with Crippen LogP contribution in [0.5, 0.6) is 0 Å². The van der Waals surface area contributed by atoms with E-state index in [2.05, 4.69) is 5.32 Å². The minimum atomic E-state index is -0.494. The smallest absolute Gasteiger partial charge is 0.338 e. The third-order valence-corrected chi connectivity index (χ3v) is 6.13. The number of rotatable bonds is 3. The zero-order valence-electron chi connectivity index (χ0n) is 15.6. The Morgan fingerprint density at radius 2 is 1.68 bits per heavy atom. The zero-order chi connectivity index (χ0) is 17.8. The van der Waals surface area contributed by atoms with Crippen molar-refractivity contribution in [2.24, 2.45) is 17.8 Å². The number of nitrogens with one attached hydrogen (secondary N) is 1. The summed E-state index contributed by atoms with van der Waals surface area (Å²) in [6.45, 7) is 5.66. The SMILES string of the molecule is CC(C)(C)OC(=O)c1ccc(N)c(NC23CC4CC(CC(C4)C2)C3)c1. The first-order valence-corrected chi connectivity index (χ1v) is 9.62. The van der Waals surface area contributed by atoms with Gasteiger partial charge in [-0.15, -0.1) is 0 Å². The van der Waals surface area contributed by atoms with E-state index >= 15 is 0 Å². The van der Waals surface area contributed by atoms with Gasteiger partial charge in [-0.25, -0.2) is 4.79 Å². The molecule has 0 heterocycles. The fourth-order valence-electron chi connectivity index (χ4n) is 5.68. The van der Waals surface area contributed by atoms with Crippen molar-refractivity contribution >= 4 is 17.3 Å². The number of hydrogen-bond donors (Lipinski definition) is 2.